The van der Waals surface area contributed by atoms with E-state index in [4.69, 9.17) is 4.98 Å². The van der Waals surface area contributed by atoms with Crippen molar-refractivity contribution in [3.63, 3.8) is 0 Å². The van der Waals surface area contributed by atoms with Crippen LogP contribution in [0.15, 0.2) is 54.6 Å². The van der Waals surface area contributed by atoms with Crippen LogP contribution in [0.2, 0.25) is 0 Å². The molecule has 2 saturated heterocycles. The first-order chi connectivity index (χ1) is 19.9. The van der Waals surface area contributed by atoms with E-state index in [1.807, 2.05) is 11.3 Å². The van der Waals surface area contributed by atoms with E-state index in [1.54, 1.807) is 0 Å². The van der Waals surface area contributed by atoms with Gasteiger partial charge in [0.2, 0.25) is 0 Å². The van der Waals surface area contributed by atoms with E-state index in [-0.39, 0.29) is 6.04 Å². The van der Waals surface area contributed by atoms with Crippen molar-refractivity contribution < 1.29 is 9.90 Å². The van der Waals surface area contributed by atoms with Crippen LogP contribution in [0.25, 0.3) is 0 Å². The van der Waals surface area contributed by atoms with Gasteiger partial charge in [-0.1, -0.05) is 79.4 Å². The fraction of sp³-hybridized carbons (Fsp3) is 0.543. The summed E-state index contributed by atoms with van der Waals surface area (Å²) in [6, 6.07) is 19.2. The first-order valence-electron chi connectivity index (χ1n) is 15.7. The number of benzene rings is 2. The fourth-order valence-electron chi connectivity index (χ4n) is 7.47. The zero-order valence-corrected chi connectivity index (χ0v) is 25.5. The lowest BCUT2D eigenvalue weighted by molar-refractivity contribution is -0.144. The number of hydrogen-bond acceptors (Lipinski definition) is 5. The summed E-state index contributed by atoms with van der Waals surface area (Å²) in [6.45, 7) is 9.37. The van der Waals surface area contributed by atoms with Crippen LogP contribution in [0.3, 0.4) is 0 Å². The van der Waals surface area contributed by atoms with Crippen molar-refractivity contribution in [3.05, 3.63) is 86.9 Å². The van der Waals surface area contributed by atoms with Gasteiger partial charge in [-0.25, -0.2) is 4.98 Å². The number of piperidine rings is 1. The summed E-state index contributed by atoms with van der Waals surface area (Å²) in [5, 5.41) is 11.4. The first-order valence-corrected chi connectivity index (χ1v) is 16.5. The quantitative estimate of drug-likeness (QED) is 0.287. The molecular formula is C35H45N3O2S. The fourth-order valence-corrected chi connectivity index (χ4v) is 8.74. The summed E-state index contributed by atoms with van der Waals surface area (Å²) in [4.78, 5) is 23.8. The highest BCUT2D eigenvalue weighted by Gasteiger charge is 2.41. The van der Waals surface area contributed by atoms with Crippen LogP contribution >= 0.6 is 11.3 Å². The Hall–Kier alpha value is -2.54. The number of thiazole rings is 1. The summed E-state index contributed by atoms with van der Waals surface area (Å²) in [6.07, 6.45) is 7.75. The molecule has 218 valence electrons. The Morgan fingerprint density at radius 1 is 1.02 bits per heavy atom. The van der Waals surface area contributed by atoms with E-state index in [2.05, 4.69) is 78.2 Å². The van der Waals surface area contributed by atoms with Gasteiger partial charge >= 0.3 is 5.97 Å². The van der Waals surface area contributed by atoms with Gasteiger partial charge in [0.15, 0.2) is 0 Å². The molecule has 0 radical (unpaired) electrons. The van der Waals surface area contributed by atoms with E-state index in [1.165, 1.54) is 64.4 Å². The maximum Gasteiger partial charge on any atom is 0.320 e. The monoisotopic (exact) mass is 571 g/mol. The van der Waals surface area contributed by atoms with Crippen LogP contribution in [0.4, 0.5) is 0 Å². The molecule has 1 aliphatic carbocycles. The van der Waals surface area contributed by atoms with Gasteiger partial charge in [0.05, 0.1) is 10.7 Å². The summed E-state index contributed by atoms with van der Waals surface area (Å²) in [5.74, 6) is 1.40. The van der Waals surface area contributed by atoms with Crippen LogP contribution in [0.1, 0.15) is 82.6 Å². The Labute approximate surface area is 249 Å². The Bertz CT molecular complexity index is 1310. The van der Waals surface area contributed by atoms with Gasteiger partial charge in [0.25, 0.3) is 0 Å². The molecule has 0 bridgehead atoms. The van der Waals surface area contributed by atoms with Crippen LogP contribution in [-0.2, 0) is 11.2 Å². The molecule has 41 heavy (non-hydrogen) atoms. The standard InChI is InChI=1S/C35H45N3O2S/c1-24-8-6-13-29(18-24)31-23-38(32(35(39)40)19-26-11-7-12-26)22-30(31)21-37-16-14-28(15-17-37)34-25(2)36-33(41-34)20-27-9-4-3-5-10-27/h3-6,8-10,13,18,26,28,30-32H,7,11-12,14-17,19-23H2,1-2H3,(H,39,40). The van der Waals surface area contributed by atoms with Gasteiger partial charge in [-0.2, -0.15) is 0 Å². The molecular weight excluding hydrogens is 526 g/mol. The van der Waals surface area contributed by atoms with Crippen molar-refractivity contribution in [2.24, 2.45) is 11.8 Å². The second kappa shape index (κ2) is 12.8. The van der Waals surface area contributed by atoms with E-state index in [0.29, 0.717) is 23.7 Å². The second-order valence-electron chi connectivity index (χ2n) is 12.9. The smallest absolute Gasteiger partial charge is 0.320 e. The zero-order valence-electron chi connectivity index (χ0n) is 24.7. The maximum atomic E-state index is 12.4. The summed E-state index contributed by atoms with van der Waals surface area (Å²) >= 11 is 1.92. The van der Waals surface area contributed by atoms with Crippen molar-refractivity contribution in [1.82, 2.24) is 14.8 Å². The van der Waals surface area contributed by atoms with E-state index < -0.39 is 5.97 Å². The minimum absolute atomic E-state index is 0.345. The van der Waals surface area contributed by atoms with Crippen molar-refractivity contribution in [2.75, 3.05) is 32.7 Å². The molecule has 3 heterocycles. The lowest BCUT2D eigenvalue weighted by atomic mass is 9.80. The van der Waals surface area contributed by atoms with Crippen molar-refractivity contribution in [3.8, 4) is 0 Å². The predicted molar refractivity (Wildman–Crippen MR) is 167 cm³/mol. The largest absolute Gasteiger partial charge is 0.480 e. The number of carboxylic acids is 1. The zero-order chi connectivity index (χ0) is 28.3. The molecule has 0 spiro atoms. The summed E-state index contributed by atoms with van der Waals surface area (Å²) in [5.41, 5.74) is 5.22. The molecule has 0 amide bonds. The molecule has 6 heteroatoms. The number of aryl methyl sites for hydroxylation is 2. The van der Waals surface area contributed by atoms with E-state index in [0.717, 1.165) is 45.6 Å². The number of likely N-dealkylation sites (tertiary alicyclic amines) is 2. The van der Waals surface area contributed by atoms with Crippen molar-refractivity contribution in [2.45, 2.75) is 76.7 Å². The number of aromatic nitrogens is 1. The molecule has 3 aliphatic rings. The van der Waals surface area contributed by atoms with E-state index in [9.17, 15) is 9.90 Å². The van der Waals surface area contributed by atoms with Gasteiger partial charge in [-0.05, 0) is 75.1 Å². The SMILES string of the molecule is Cc1cccc(C2CN(C(CC3CCC3)C(=O)O)CC2CN2CCC(c3sc(Cc4ccccc4)nc3C)CC2)c1. The Kier molecular flexibility index (Phi) is 8.90. The third-order valence-corrected chi connectivity index (χ3v) is 11.3. The molecule has 2 aromatic carbocycles. The highest BCUT2D eigenvalue weighted by Crippen LogP contribution is 2.40. The van der Waals surface area contributed by atoms with E-state index >= 15 is 0 Å². The number of rotatable bonds is 10. The minimum Gasteiger partial charge on any atom is -0.480 e. The van der Waals surface area contributed by atoms with Crippen molar-refractivity contribution in [1.29, 1.82) is 0 Å². The molecule has 1 aromatic heterocycles. The van der Waals surface area contributed by atoms with Gasteiger partial charge in [-0.15, -0.1) is 11.3 Å². The lowest BCUT2D eigenvalue weighted by Crippen LogP contribution is -2.43. The van der Waals surface area contributed by atoms with Gasteiger partial charge in [-0.3, -0.25) is 9.69 Å². The van der Waals surface area contributed by atoms with Crippen LogP contribution < -0.4 is 0 Å². The average Bonchev–Trinajstić information content (AvgIpc) is 3.51. The van der Waals surface area contributed by atoms with Crippen LogP contribution in [0, 0.1) is 25.7 Å². The highest BCUT2D eigenvalue weighted by atomic mass is 32.1. The molecule has 2 aliphatic heterocycles. The topological polar surface area (TPSA) is 56.7 Å². The van der Waals surface area contributed by atoms with Gasteiger partial charge in [0, 0.05) is 36.9 Å². The number of nitrogens with zero attached hydrogens (tertiary/aromatic N) is 3. The average molecular weight is 572 g/mol. The number of hydrogen-bond donors (Lipinski definition) is 1. The molecule has 3 atom stereocenters. The summed E-state index contributed by atoms with van der Waals surface area (Å²) < 4.78 is 0. The normalized spacial score (nSPS) is 23.5. The Balaban J connectivity index is 1.11. The molecule has 1 saturated carbocycles. The molecule has 1 N–H and O–H groups in total. The minimum atomic E-state index is -0.632. The summed E-state index contributed by atoms with van der Waals surface area (Å²) in [7, 11) is 0. The van der Waals surface area contributed by atoms with Crippen LogP contribution in [0.5, 0.6) is 0 Å². The van der Waals surface area contributed by atoms with Crippen LogP contribution in [-0.4, -0.2) is 64.6 Å². The maximum absolute atomic E-state index is 12.4. The molecule has 3 unspecified atom stereocenters. The number of carboxylic acid groups (broad SMARTS) is 1. The number of aliphatic carboxylic acids is 1. The molecule has 5 nitrogen and oxygen atoms in total. The third-order valence-electron chi connectivity index (χ3n) is 9.97. The lowest BCUT2D eigenvalue weighted by Gasteiger charge is -2.35. The Morgan fingerprint density at radius 3 is 2.49 bits per heavy atom. The molecule has 3 aromatic rings. The second-order valence-corrected chi connectivity index (χ2v) is 14.0. The van der Waals surface area contributed by atoms with Crippen molar-refractivity contribution >= 4 is 17.3 Å². The first kappa shape index (κ1) is 28.6. The predicted octanol–water partition coefficient (Wildman–Crippen LogP) is 6.89. The van der Waals surface area contributed by atoms with Gasteiger partial charge < -0.3 is 10.0 Å². The molecule has 3 fully saturated rings. The molecule has 6 rings (SSSR count). The van der Waals surface area contributed by atoms with Gasteiger partial charge in [0.1, 0.15) is 6.04 Å². The number of carbonyl (C=O) groups is 1. The Morgan fingerprint density at radius 2 is 1.80 bits per heavy atom. The highest BCUT2D eigenvalue weighted by molar-refractivity contribution is 7.11. The third kappa shape index (κ3) is 6.76.